The molecule has 8 heteroatoms. The SMILES string of the molecule is Cn1nccc1S(=O)(=O)NC1CCC(C(=O)O)CC1. The molecule has 1 aliphatic rings. The quantitative estimate of drug-likeness (QED) is 0.831. The number of carboxylic acids is 1. The highest BCUT2D eigenvalue weighted by atomic mass is 32.2. The molecule has 19 heavy (non-hydrogen) atoms. The number of rotatable bonds is 4. The maximum absolute atomic E-state index is 12.1. The van der Waals surface area contributed by atoms with Crippen LogP contribution in [0, 0.1) is 5.92 Å². The van der Waals surface area contributed by atoms with Crippen molar-refractivity contribution in [2.75, 3.05) is 0 Å². The highest BCUT2D eigenvalue weighted by Gasteiger charge is 2.29. The van der Waals surface area contributed by atoms with E-state index in [-0.39, 0.29) is 17.0 Å². The first-order chi connectivity index (χ1) is 8.90. The molecule has 0 unspecified atom stereocenters. The lowest BCUT2D eigenvalue weighted by Gasteiger charge is -2.26. The Morgan fingerprint density at radius 1 is 1.42 bits per heavy atom. The number of hydrogen-bond acceptors (Lipinski definition) is 4. The van der Waals surface area contributed by atoms with E-state index in [9.17, 15) is 13.2 Å². The molecular formula is C11H17N3O4S. The number of nitrogens with zero attached hydrogens (tertiary/aromatic N) is 2. The minimum atomic E-state index is -3.58. The maximum Gasteiger partial charge on any atom is 0.306 e. The van der Waals surface area contributed by atoms with Crippen LogP contribution in [0.5, 0.6) is 0 Å². The van der Waals surface area contributed by atoms with Gasteiger partial charge in [0.25, 0.3) is 10.0 Å². The van der Waals surface area contributed by atoms with E-state index in [0.717, 1.165) is 0 Å². The largest absolute Gasteiger partial charge is 0.481 e. The molecule has 0 saturated heterocycles. The lowest BCUT2D eigenvalue weighted by molar-refractivity contribution is -0.142. The molecule has 1 fully saturated rings. The summed E-state index contributed by atoms with van der Waals surface area (Å²) in [5.41, 5.74) is 0. The topological polar surface area (TPSA) is 101 Å². The number of aromatic nitrogens is 2. The van der Waals surface area contributed by atoms with Crippen molar-refractivity contribution >= 4 is 16.0 Å². The molecule has 1 aliphatic carbocycles. The van der Waals surface area contributed by atoms with Crippen LogP contribution in [0.2, 0.25) is 0 Å². The first kappa shape index (κ1) is 14.0. The lowest BCUT2D eigenvalue weighted by atomic mass is 9.87. The van der Waals surface area contributed by atoms with Gasteiger partial charge >= 0.3 is 5.97 Å². The summed E-state index contributed by atoms with van der Waals surface area (Å²) in [6.45, 7) is 0. The Balaban J connectivity index is 2.00. The van der Waals surface area contributed by atoms with Gasteiger partial charge in [0.2, 0.25) is 0 Å². The maximum atomic E-state index is 12.1. The van der Waals surface area contributed by atoms with Crippen LogP contribution in [0.4, 0.5) is 0 Å². The monoisotopic (exact) mass is 287 g/mol. The third-order valence-corrected chi connectivity index (χ3v) is 5.04. The molecule has 0 radical (unpaired) electrons. The second-order valence-corrected chi connectivity index (χ2v) is 6.46. The highest BCUT2D eigenvalue weighted by Crippen LogP contribution is 2.25. The Morgan fingerprint density at radius 3 is 2.53 bits per heavy atom. The summed E-state index contributed by atoms with van der Waals surface area (Å²) in [4.78, 5) is 10.8. The van der Waals surface area contributed by atoms with E-state index >= 15 is 0 Å². The number of aryl methyl sites for hydroxylation is 1. The smallest absolute Gasteiger partial charge is 0.306 e. The van der Waals surface area contributed by atoms with Crippen LogP contribution < -0.4 is 4.72 Å². The number of sulfonamides is 1. The zero-order valence-electron chi connectivity index (χ0n) is 10.6. The fourth-order valence-electron chi connectivity index (χ4n) is 2.36. The van der Waals surface area contributed by atoms with Crippen molar-refractivity contribution in [3.05, 3.63) is 12.3 Å². The van der Waals surface area contributed by atoms with Crippen LogP contribution >= 0.6 is 0 Å². The average Bonchev–Trinajstić information content (AvgIpc) is 2.76. The minimum Gasteiger partial charge on any atom is -0.481 e. The summed E-state index contributed by atoms with van der Waals surface area (Å²) in [6, 6.07) is 1.24. The molecule has 0 aliphatic heterocycles. The van der Waals surface area contributed by atoms with Gasteiger partial charge in [0.15, 0.2) is 5.03 Å². The lowest BCUT2D eigenvalue weighted by Crippen LogP contribution is -2.39. The Kier molecular flexibility index (Phi) is 3.91. The second-order valence-electron chi connectivity index (χ2n) is 4.80. The zero-order chi connectivity index (χ0) is 14.0. The summed E-state index contributed by atoms with van der Waals surface area (Å²) in [5.74, 6) is -1.15. The number of aliphatic carboxylic acids is 1. The van der Waals surface area contributed by atoms with Crippen LogP contribution in [0.1, 0.15) is 25.7 Å². The molecule has 1 heterocycles. The van der Waals surface area contributed by atoms with Crippen LogP contribution in [-0.2, 0) is 21.9 Å². The third kappa shape index (κ3) is 3.13. The number of hydrogen-bond donors (Lipinski definition) is 2. The molecule has 7 nitrogen and oxygen atoms in total. The zero-order valence-corrected chi connectivity index (χ0v) is 11.4. The van der Waals surface area contributed by atoms with Crippen molar-refractivity contribution < 1.29 is 18.3 Å². The molecule has 0 spiro atoms. The highest BCUT2D eigenvalue weighted by molar-refractivity contribution is 7.89. The van der Waals surface area contributed by atoms with Crippen LogP contribution in [0.15, 0.2) is 17.3 Å². The Morgan fingerprint density at radius 2 is 2.05 bits per heavy atom. The van der Waals surface area contributed by atoms with Crippen molar-refractivity contribution in [3.63, 3.8) is 0 Å². The molecular weight excluding hydrogens is 270 g/mol. The Hall–Kier alpha value is -1.41. The van der Waals surface area contributed by atoms with Gasteiger partial charge in [-0.05, 0) is 31.7 Å². The van der Waals surface area contributed by atoms with Gasteiger partial charge in [-0.3, -0.25) is 9.48 Å². The number of carbonyl (C=O) groups is 1. The van der Waals surface area contributed by atoms with Gasteiger partial charge in [0.1, 0.15) is 0 Å². The molecule has 1 saturated carbocycles. The van der Waals surface area contributed by atoms with E-state index in [4.69, 9.17) is 5.11 Å². The molecule has 106 valence electrons. The van der Waals surface area contributed by atoms with Crippen molar-refractivity contribution in [1.29, 1.82) is 0 Å². The van der Waals surface area contributed by atoms with E-state index in [1.165, 1.54) is 16.9 Å². The van der Waals surface area contributed by atoms with Gasteiger partial charge < -0.3 is 5.11 Å². The summed E-state index contributed by atoms with van der Waals surface area (Å²) in [7, 11) is -2.02. The first-order valence-corrected chi connectivity index (χ1v) is 7.61. The predicted molar refractivity (Wildman–Crippen MR) is 66.9 cm³/mol. The van der Waals surface area contributed by atoms with Crippen molar-refractivity contribution in [3.8, 4) is 0 Å². The van der Waals surface area contributed by atoms with Crippen LogP contribution in [0.25, 0.3) is 0 Å². The average molecular weight is 287 g/mol. The fourth-order valence-corrected chi connectivity index (χ4v) is 3.79. The van der Waals surface area contributed by atoms with Crippen molar-refractivity contribution in [2.24, 2.45) is 13.0 Å². The molecule has 0 aromatic carbocycles. The second kappa shape index (κ2) is 5.30. The van der Waals surface area contributed by atoms with Gasteiger partial charge in [-0.15, -0.1) is 0 Å². The summed E-state index contributed by atoms with van der Waals surface area (Å²) >= 11 is 0. The number of nitrogens with one attached hydrogen (secondary N) is 1. The summed E-state index contributed by atoms with van der Waals surface area (Å²) in [6.07, 6.45) is 3.54. The van der Waals surface area contributed by atoms with Gasteiger partial charge in [-0.1, -0.05) is 0 Å². The molecule has 2 N–H and O–H groups in total. The summed E-state index contributed by atoms with van der Waals surface area (Å²) < 4.78 is 28.1. The number of carboxylic acid groups (broad SMARTS) is 1. The van der Waals surface area contributed by atoms with Gasteiger partial charge in [-0.2, -0.15) is 5.10 Å². The Bertz CT molecular complexity index is 558. The molecule has 1 aromatic rings. The van der Waals surface area contributed by atoms with Crippen LogP contribution in [0.3, 0.4) is 0 Å². The molecule has 0 bridgehead atoms. The van der Waals surface area contributed by atoms with Gasteiger partial charge in [0, 0.05) is 13.1 Å². The van der Waals surface area contributed by atoms with Crippen LogP contribution in [-0.4, -0.2) is 35.3 Å². The summed E-state index contributed by atoms with van der Waals surface area (Å²) in [5, 5.41) is 12.8. The molecule has 2 rings (SSSR count). The first-order valence-electron chi connectivity index (χ1n) is 6.13. The van der Waals surface area contributed by atoms with E-state index in [1.54, 1.807) is 7.05 Å². The van der Waals surface area contributed by atoms with E-state index in [2.05, 4.69) is 9.82 Å². The fraction of sp³-hybridized carbons (Fsp3) is 0.636. The molecule has 0 amide bonds. The minimum absolute atomic E-state index is 0.118. The third-order valence-electron chi connectivity index (χ3n) is 3.45. The van der Waals surface area contributed by atoms with E-state index in [0.29, 0.717) is 25.7 Å². The van der Waals surface area contributed by atoms with Gasteiger partial charge in [-0.25, -0.2) is 13.1 Å². The normalized spacial score (nSPS) is 24.3. The molecule has 1 aromatic heterocycles. The standard InChI is InChI=1S/C11H17N3O4S/c1-14-10(6-7-12-14)19(17,18)13-9-4-2-8(3-5-9)11(15)16/h6-9,13H,2-5H2,1H3,(H,15,16). The predicted octanol–water partition coefficient (Wildman–Crippen LogP) is 0.342. The Labute approximate surface area is 111 Å². The van der Waals surface area contributed by atoms with E-state index < -0.39 is 16.0 Å². The van der Waals surface area contributed by atoms with Gasteiger partial charge in [0.05, 0.1) is 12.1 Å². The van der Waals surface area contributed by atoms with Crippen molar-refractivity contribution in [1.82, 2.24) is 14.5 Å². The molecule has 0 atom stereocenters. The van der Waals surface area contributed by atoms with E-state index in [1.807, 2.05) is 0 Å². The van der Waals surface area contributed by atoms with Crippen molar-refractivity contribution in [2.45, 2.75) is 36.8 Å².